The van der Waals surface area contributed by atoms with Crippen LogP contribution in [0.2, 0.25) is 0 Å². The zero-order chi connectivity index (χ0) is 19.5. The SMILES string of the molecule is O=C(Nc1ccccc1N1CCCC1)c1ccc(-n2ccnc2)c([N+](=O)[O-])c1. The number of para-hydroxylation sites is 2. The molecule has 1 aliphatic heterocycles. The third-order valence-electron chi connectivity index (χ3n) is 4.82. The fourth-order valence-corrected chi connectivity index (χ4v) is 3.44. The van der Waals surface area contributed by atoms with Gasteiger partial charge in [0.05, 0.1) is 22.6 Å². The van der Waals surface area contributed by atoms with Crippen LogP contribution in [0.25, 0.3) is 5.69 Å². The first-order valence-electron chi connectivity index (χ1n) is 9.05. The average Bonchev–Trinajstić information content (AvgIpc) is 3.42. The van der Waals surface area contributed by atoms with Crippen molar-refractivity contribution in [2.24, 2.45) is 0 Å². The highest BCUT2D eigenvalue weighted by Crippen LogP contribution is 2.30. The molecule has 0 radical (unpaired) electrons. The Balaban J connectivity index is 1.63. The van der Waals surface area contributed by atoms with Crippen LogP contribution in [0, 0.1) is 10.1 Å². The monoisotopic (exact) mass is 377 g/mol. The van der Waals surface area contributed by atoms with E-state index in [1.165, 1.54) is 12.4 Å². The summed E-state index contributed by atoms with van der Waals surface area (Å²) in [7, 11) is 0. The van der Waals surface area contributed by atoms with E-state index in [-0.39, 0.29) is 17.2 Å². The van der Waals surface area contributed by atoms with Crippen molar-refractivity contribution in [3.63, 3.8) is 0 Å². The van der Waals surface area contributed by atoms with Gasteiger partial charge in [-0.2, -0.15) is 0 Å². The fraction of sp³-hybridized carbons (Fsp3) is 0.200. The lowest BCUT2D eigenvalue weighted by atomic mass is 10.1. The third-order valence-corrected chi connectivity index (χ3v) is 4.82. The number of rotatable bonds is 5. The van der Waals surface area contributed by atoms with Gasteiger partial charge in [0.1, 0.15) is 5.69 Å². The third kappa shape index (κ3) is 3.44. The van der Waals surface area contributed by atoms with Gasteiger partial charge in [-0.3, -0.25) is 14.9 Å². The van der Waals surface area contributed by atoms with Crippen molar-refractivity contribution in [3.05, 3.63) is 76.9 Å². The van der Waals surface area contributed by atoms with Crippen LogP contribution in [-0.2, 0) is 0 Å². The minimum Gasteiger partial charge on any atom is -0.370 e. The molecule has 2 aromatic carbocycles. The van der Waals surface area contributed by atoms with E-state index in [0.717, 1.165) is 31.6 Å². The van der Waals surface area contributed by atoms with Gasteiger partial charge in [0.2, 0.25) is 0 Å². The lowest BCUT2D eigenvalue weighted by Gasteiger charge is -2.21. The second kappa shape index (κ2) is 7.51. The van der Waals surface area contributed by atoms with Crippen molar-refractivity contribution in [1.29, 1.82) is 0 Å². The lowest BCUT2D eigenvalue weighted by Crippen LogP contribution is -2.21. The fourth-order valence-electron chi connectivity index (χ4n) is 3.44. The van der Waals surface area contributed by atoms with E-state index < -0.39 is 4.92 Å². The van der Waals surface area contributed by atoms with Crippen LogP contribution in [0.1, 0.15) is 23.2 Å². The Bertz CT molecular complexity index is 1010. The molecule has 8 heteroatoms. The number of nitro groups is 1. The molecule has 28 heavy (non-hydrogen) atoms. The molecule has 3 aromatic rings. The zero-order valence-corrected chi connectivity index (χ0v) is 15.1. The number of imidazole rings is 1. The summed E-state index contributed by atoms with van der Waals surface area (Å²) in [5, 5.41) is 14.4. The molecule has 1 aliphatic rings. The summed E-state index contributed by atoms with van der Waals surface area (Å²) >= 11 is 0. The van der Waals surface area contributed by atoms with Crippen LogP contribution in [0.5, 0.6) is 0 Å². The predicted molar refractivity (Wildman–Crippen MR) is 106 cm³/mol. The number of anilines is 2. The van der Waals surface area contributed by atoms with Crippen LogP contribution in [0.15, 0.2) is 61.2 Å². The molecule has 0 unspecified atom stereocenters. The summed E-state index contributed by atoms with van der Waals surface area (Å²) in [6.07, 6.45) is 6.90. The van der Waals surface area contributed by atoms with Gasteiger partial charge in [-0.05, 0) is 37.1 Å². The second-order valence-electron chi connectivity index (χ2n) is 6.60. The van der Waals surface area contributed by atoms with Crippen molar-refractivity contribution in [1.82, 2.24) is 9.55 Å². The molecule has 1 saturated heterocycles. The summed E-state index contributed by atoms with van der Waals surface area (Å²) in [5.41, 5.74) is 2.11. The number of aromatic nitrogens is 2. The van der Waals surface area contributed by atoms with E-state index in [4.69, 9.17) is 0 Å². The molecule has 0 spiro atoms. The van der Waals surface area contributed by atoms with E-state index in [1.807, 2.05) is 24.3 Å². The summed E-state index contributed by atoms with van der Waals surface area (Å²) in [6, 6.07) is 12.1. The molecule has 2 heterocycles. The molecule has 0 saturated carbocycles. The topological polar surface area (TPSA) is 93.3 Å². The van der Waals surface area contributed by atoms with E-state index >= 15 is 0 Å². The van der Waals surface area contributed by atoms with Crippen LogP contribution in [-0.4, -0.2) is 33.5 Å². The Morgan fingerprint density at radius 2 is 1.89 bits per heavy atom. The number of hydrogen-bond acceptors (Lipinski definition) is 5. The van der Waals surface area contributed by atoms with Gasteiger partial charge >= 0.3 is 0 Å². The quantitative estimate of drug-likeness (QED) is 0.541. The normalized spacial score (nSPS) is 13.5. The van der Waals surface area contributed by atoms with Crippen molar-refractivity contribution >= 4 is 23.0 Å². The van der Waals surface area contributed by atoms with E-state index in [2.05, 4.69) is 15.2 Å². The van der Waals surface area contributed by atoms with Crippen molar-refractivity contribution in [3.8, 4) is 5.69 Å². The Morgan fingerprint density at radius 3 is 2.61 bits per heavy atom. The Hall–Kier alpha value is -3.68. The Labute approximate surface area is 161 Å². The summed E-state index contributed by atoms with van der Waals surface area (Å²) < 4.78 is 1.54. The first-order valence-corrected chi connectivity index (χ1v) is 9.05. The van der Waals surface area contributed by atoms with Gasteiger partial charge < -0.3 is 14.8 Å². The summed E-state index contributed by atoms with van der Waals surface area (Å²) in [4.78, 5) is 30.0. The molecule has 0 bridgehead atoms. The van der Waals surface area contributed by atoms with Gasteiger partial charge in [0.15, 0.2) is 0 Å². The molecule has 4 rings (SSSR count). The first-order chi connectivity index (χ1) is 13.6. The number of carbonyl (C=O) groups is 1. The van der Waals surface area contributed by atoms with Gasteiger partial charge in [-0.15, -0.1) is 0 Å². The second-order valence-corrected chi connectivity index (χ2v) is 6.60. The summed E-state index contributed by atoms with van der Waals surface area (Å²) in [6.45, 7) is 1.91. The average molecular weight is 377 g/mol. The highest BCUT2D eigenvalue weighted by molar-refractivity contribution is 6.06. The maximum Gasteiger partial charge on any atom is 0.294 e. The summed E-state index contributed by atoms with van der Waals surface area (Å²) in [5.74, 6) is -0.382. The largest absolute Gasteiger partial charge is 0.370 e. The maximum atomic E-state index is 12.8. The Morgan fingerprint density at radius 1 is 1.11 bits per heavy atom. The predicted octanol–water partition coefficient (Wildman–Crippen LogP) is 3.63. The molecule has 142 valence electrons. The van der Waals surface area contributed by atoms with Gasteiger partial charge in [0, 0.05) is 37.1 Å². The number of hydrogen-bond donors (Lipinski definition) is 1. The smallest absolute Gasteiger partial charge is 0.294 e. The minimum absolute atomic E-state index is 0.154. The lowest BCUT2D eigenvalue weighted by molar-refractivity contribution is -0.384. The molecule has 1 amide bonds. The highest BCUT2D eigenvalue weighted by Gasteiger charge is 2.21. The number of nitro benzene ring substituents is 1. The first kappa shape index (κ1) is 17.7. The molecule has 0 atom stereocenters. The standard InChI is InChI=1S/C20H19N5O3/c26-20(22-16-5-1-2-6-17(16)23-10-3-4-11-23)15-7-8-18(19(13-15)25(27)28)24-12-9-21-14-24/h1-2,5-9,12-14H,3-4,10-11H2,(H,22,26). The molecule has 0 aliphatic carbocycles. The number of benzene rings is 2. The van der Waals surface area contributed by atoms with Crippen LogP contribution in [0.3, 0.4) is 0 Å². The zero-order valence-electron chi connectivity index (χ0n) is 15.1. The van der Waals surface area contributed by atoms with Crippen LogP contribution < -0.4 is 10.2 Å². The molecule has 1 fully saturated rings. The van der Waals surface area contributed by atoms with E-state index in [1.54, 1.807) is 29.1 Å². The number of nitrogens with zero attached hydrogens (tertiary/aromatic N) is 4. The molecule has 1 aromatic heterocycles. The van der Waals surface area contributed by atoms with Crippen LogP contribution >= 0.6 is 0 Å². The number of nitrogens with one attached hydrogen (secondary N) is 1. The maximum absolute atomic E-state index is 12.8. The molecule has 1 N–H and O–H groups in total. The van der Waals surface area contributed by atoms with E-state index in [9.17, 15) is 14.9 Å². The Kier molecular flexibility index (Phi) is 4.76. The highest BCUT2D eigenvalue weighted by atomic mass is 16.6. The molecular formula is C20H19N5O3. The molecular weight excluding hydrogens is 358 g/mol. The van der Waals surface area contributed by atoms with Crippen molar-refractivity contribution < 1.29 is 9.72 Å². The van der Waals surface area contributed by atoms with E-state index in [0.29, 0.717) is 11.4 Å². The van der Waals surface area contributed by atoms with Gasteiger partial charge in [0.25, 0.3) is 11.6 Å². The molecule has 8 nitrogen and oxygen atoms in total. The van der Waals surface area contributed by atoms with Gasteiger partial charge in [-0.1, -0.05) is 12.1 Å². The minimum atomic E-state index is -0.496. The van der Waals surface area contributed by atoms with Crippen molar-refractivity contribution in [2.45, 2.75) is 12.8 Å². The van der Waals surface area contributed by atoms with Gasteiger partial charge in [-0.25, -0.2) is 4.98 Å². The number of carbonyl (C=O) groups excluding carboxylic acids is 1. The van der Waals surface area contributed by atoms with Crippen molar-refractivity contribution in [2.75, 3.05) is 23.3 Å². The number of amides is 1. The van der Waals surface area contributed by atoms with Crippen LogP contribution in [0.4, 0.5) is 17.1 Å².